The van der Waals surface area contributed by atoms with Crippen molar-refractivity contribution >= 4 is 17.5 Å². The van der Waals surface area contributed by atoms with Crippen molar-refractivity contribution in [2.45, 2.75) is 25.9 Å². The highest BCUT2D eigenvalue weighted by molar-refractivity contribution is 6.30. The SMILES string of the molecule is CC1CC(CN)CN1CC(=O)NCc1ccc(Cl)cc1. The van der Waals surface area contributed by atoms with E-state index in [0.717, 1.165) is 18.5 Å². The van der Waals surface area contributed by atoms with Crippen molar-refractivity contribution in [1.82, 2.24) is 10.2 Å². The summed E-state index contributed by atoms with van der Waals surface area (Å²) in [7, 11) is 0. The smallest absolute Gasteiger partial charge is 0.234 e. The third-order valence-corrected chi connectivity index (χ3v) is 4.13. The molecular weight excluding hydrogens is 274 g/mol. The first-order chi connectivity index (χ1) is 9.58. The summed E-state index contributed by atoms with van der Waals surface area (Å²) in [5.41, 5.74) is 6.75. The highest BCUT2D eigenvalue weighted by Gasteiger charge is 2.29. The fourth-order valence-corrected chi connectivity index (χ4v) is 2.78. The molecule has 1 saturated heterocycles. The van der Waals surface area contributed by atoms with Gasteiger partial charge in [-0.15, -0.1) is 0 Å². The Kier molecular flexibility index (Phi) is 5.40. The number of benzene rings is 1. The Bertz CT molecular complexity index is 449. The maximum absolute atomic E-state index is 12.0. The van der Waals surface area contributed by atoms with Gasteiger partial charge in [-0.1, -0.05) is 23.7 Å². The third-order valence-electron chi connectivity index (χ3n) is 3.87. The normalized spacial score (nSPS) is 22.9. The van der Waals surface area contributed by atoms with Crippen LogP contribution < -0.4 is 11.1 Å². The molecule has 4 nitrogen and oxygen atoms in total. The number of amides is 1. The Hall–Kier alpha value is -1.10. The summed E-state index contributed by atoms with van der Waals surface area (Å²) in [6.45, 7) is 4.77. The predicted molar refractivity (Wildman–Crippen MR) is 81.5 cm³/mol. The third kappa shape index (κ3) is 4.20. The molecule has 1 aliphatic rings. The summed E-state index contributed by atoms with van der Waals surface area (Å²) in [5.74, 6) is 0.582. The lowest BCUT2D eigenvalue weighted by molar-refractivity contribution is -0.122. The van der Waals surface area contributed by atoms with Crippen LogP contribution in [0.15, 0.2) is 24.3 Å². The zero-order valence-electron chi connectivity index (χ0n) is 11.8. The van der Waals surface area contributed by atoms with Gasteiger partial charge in [-0.05, 0) is 43.5 Å². The molecular formula is C15H22ClN3O. The molecule has 2 rings (SSSR count). The number of likely N-dealkylation sites (tertiary alicyclic amines) is 1. The van der Waals surface area contributed by atoms with E-state index in [-0.39, 0.29) is 5.91 Å². The first-order valence-corrected chi connectivity index (χ1v) is 7.41. The Morgan fingerprint density at radius 1 is 1.45 bits per heavy atom. The summed E-state index contributed by atoms with van der Waals surface area (Å²) in [6, 6.07) is 7.94. The molecule has 1 heterocycles. The minimum absolute atomic E-state index is 0.0597. The first-order valence-electron chi connectivity index (χ1n) is 7.03. The van der Waals surface area contributed by atoms with Gasteiger partial charge in [0.2, 0.25) is 5.91 Å². The Morgan fingerprint density at radius 2 is 2.15 bits per heavy atom. The van der Waals surface area contributed by atoms with Crippen LogP contribution in [0, 0.1) is 5.92 Å². The van der Waals surface area contributed by atoms with Crippen molar-refractivity contribution in [3.05, 3.63) is 34.9 Å². The molecule has 0 aliphatic carbocycles. The second kappa shape index (κ2) is 7.07. The lowest BCUT2D eigenvalue weighted by Gasteiger charge is -2.20. The second-order valence-electron chi connectivity index (χ2n) is 5.52. The van der Waals surface area contributed by atoms with Gasteiger partial charge in [-0.2, -0.15) is 0 Å². The monoisotopic (exact) mass is 295 g/mol. The fraction of sp³-hybridized carbons (Fsp3) is 0.533. The maximum atomic E-state index is 12.0. The Labute approximate surface area is 125 Å². The second-order valence-corrected chi connectivity index (χ2v) is 5.96. The Morgan fingerprint density at radius 3 is 2.75 bits per heavy atom. The van der Waals surface area contributed by atoms with Gasteiger partial charge < -0.3 is 11.1 Å². The van der Waals surface area contributed by atoms with E-state index in [4.69, 9.17) is 17.3 Å². The molecule has 0 saturated carbocycles. The summed E-state index contributed by atoms with van der Waals surface area (Å²) in [6.07, 6.45) is 1.08. The summed E-state index contributed by atoms with van der Waals surface area (Å²) < 4.78 is 0. The Balaban J connectivity index is 1.77. The van der Waals surface area contributed by atoms with Crippen molar-refractivity contribution < 1.29 is 4.79 Å². The molecule has 0 aromatic heterocycles. The van der Waals surface area contributed by atoms with Crippen LogP contribution in [0.3, 0.4) is 0 Å². The molecule has 20 heavy (non-hydrogen) atoms. The number of nitrogens with zero attached hydrogens (tertiary/aromatic N) is 1. The minimum Gasteiger partial charge on any atom is -0.351 e. The lowest BCUT2D eigenvalue weighted by atomic mass is 10.1. The molecule has 5 heteroatoms. The molecule has 1 fully saturated rings. The van der Waals surface area contributed by atoms with Gasteiger partial charge in [0.25, 0.3) is 0 Å². The quantitative estimate of drug-likeness (QED) is 0.868. The highest BCUT2D eigenvalue weighted by Crippen LogP contribution is 2.21. The van der Waals surface area contributed by atoms with Gasteiger partial charge in [0.05, 0.1) is 6.54 Å². The van der Waals surface area contributed by atoms with Gasteiger partial charge in [-0.3, -0.25) is 9.69 Å². The van der Waals surface area contributed by atoms with Crippen LogP contribution in [0.2, 0.25) is 5.02 Å². The summed E-state index contributed by atoms with van der Waals surface area (Å²) in [5, 5.41) is 3.65. The summed E-state index contributed by atoms with van der Waals surface area (Å²) in [4.78, 5) is 14.2. The van der Waals surface area contributed by atoms with Crippen LogP contribution in [-0.2, 0) is 11.3 Å². The lowest BCUT2D eigenvalue weighted by Crippen LogP contribution is -2.39. The molecule has 1 aliphatic heterocycles. The fourth-order valence-electron chi connectivity index (χ4n) is 2.65. The number of halogens is 1. The van der Waals surface area contributed by atoms with E-state index in [0.29, 0.717) is 36.6 Å². The first kappa shape index (κ1) is 15.3. The average Bonchev–Trinajstić information content (AvgIpc) is 2.79. The standard InChI is InChI=1S/C15H22ClN3O/c1-11-6-13(7-17)9-19(11)10-15(20)18-8-12-2-4-14(16)5-3-12/h2-5,11,13H,6-10,17H2,1H3,(H,18,20). The topological polar surface area (TPSA) is 58.4 Å². The van der Waals surface area contributed by atoms with E-state index in [2.05, 4.69) is 17.1 Å². The molecule has 1 amide bonds. The average molecular weight is 296 g/mol. The van der Waals surface area contributed by atoms with Gasteiger partial charge in [0.1, 0.15) is 0 Å². The van der Waals surface area contributed by atoms with E-state index in [9.17, 15) is 4.79 Å². The van der Waals surface area contributed by atoms with Gasteiger partial charge >= 0.3 is 0 Å². The summed E-state index contributed by atoms with van der Waals surface area (Å²) >= 11 is 5.83. The van der Waals surface area contributed by atoms with E-state index >= 15 is 0 Å². The van der Waals surface area contributed by atoms with Gasteiger partial charge in [0, 0.05) is 24.2 Å². The number of nitrogens with one attached hydrogen (secondary N) is 1. The molecule has 0 spiro atoms. The van der Waals surface area contributed by atoms with E-state index in [1.807, 2.05) is 24.3 Å². The molecule has 0 radical (unpaired) electrons. The molecule has 1 aromatic carbocycles. The minimum atomic E-state index is 0.0597. The molecule has 2 unspecified atom stereocenters. The number of carbonyl (C=O) groups excluding carboxylic acids is 1. The van der Waals surface area contributed by atoms with E-state index < -0.39 is 0 Å². The number of hydrogen-bond acceptors (Lipinski definition) is 3. The van der Waals surface area contributed by atoms with Crippen LogP contribution in [0.4, 0.5) is 0 Å². The zero-order chi connectivity index (χ0) is 14.5. The van der Waals surface area contributed by atoms with Crippen LogP contribution >= 0.6 is 11.6 Å². The number of carbonyl (C=O) groups is 1. The molecule has 0 bridgehead atoms. The van der Waals surface area contributed by atoms with Crippen molar-refractivity contribution in [2.24, 2.45) is 11.7 Å². The van der Waals surface area contributed by atoms with Crippen molar-refractivity contribution in [2.75, 3.05) is 19.6 Å². The van der Waals surface area contributed by atoms with Crippen LogP contribution in [-0.4, -0.2) is 36.5 Å². The number of hydrogen-bond donors (Lipinski definition) is 2. The van der Waals surface area contributed by atoms with Crippen LogP contribution in [0.1, 0.15) is 18.9 Å². The molecule has 110 valence electrons. The number of rotatable bonds is 5. The van der Waals surface area contributed by atoms with E-state index in [1.54, 1.807) is 0 Å². The van der Waals surface area contributed by atoms with Crippen molar-refractivity contribution in [3.8, 4) is 0 Å². The van der Waals surface area contributed by atoms with Crippen LogP contribution in [0.5, 0.6) is 0 Å². The van der Waals surface area contributed by atoms with Crippen molar-refractivity contribution in [1.29, 1.82) is 0 Å². The molecule has 3 N–H and O–H groups in total. The number of nitrogens with two attached hydrogens (primary N) is 1. The largest absolute Gasteiger partial charge is 0.351 e. The molecule has 2 atom stereocenters. The van der Waals surface area contributed by atoms with Gasteiger partial charge in [0.15, 0.2) is 0 Å². The van der Waals surface area contributed by atoms with Crippen molar-refractivity contribution in [3.63, 3.8) is 0 Å². The van der Waals surface area contributed by atoms with Crippen LogP contribution in [0.25, 0.3) is 0 Å². The molecule has 1 aromatic rings. The van der Waals surface area contributed by atoms with E-state index in [1.165, 1.54) is 0 Å². The van der Waals surface area contributed by atoms with Gasteiger partial charge in [-0.25, -0.2) is 0 Å². The predicted octanol–water partition coefficient (Wildman–Crippen LogP) is 1.63. The highest BCUT2D eigenvalue weighted by atomic mass is 35.5. The maximum Gasteiger partial charge on any atom is 0.234 e. The zero-order valence-corrected chi connectivity index (χ0v) is 12.6.